The van der Waals surface area contributed by atoms with E-state index >= 15 is 0 Å². The third kappa shape index (κ3) is 4.17. The van der Waals surface area contributed by atoms with Crippen LogP contribution >= 0.6 is 23.1 Å². The van der Waals surface area contributed by atoms with E-state index in [1.165, 1.54) is 35.2 Å². The number of non-ortho nitro benzene ring substituents is 2. The maximum Gasteiger partial charge on any atom is 0.276 e. The molecule has 126 valence electrons. The maximum atomic E-state index is 10.9. The molecule has 0 atom stereocenters. The summed E-state index contributed by atoms with van der Waals surface area (Å²) in [5.41, 5.74) is 0.847. The quantitative estimate of drug-likeness (QED) is 0.359. The van der Waals surface area contributed by atoms with Crippen LogP contribution in [-0.2, 0) is 5.75 Å². The lowest BCUT2D eigenvalue weighted by molar-refractivity contribution is -0.394. The van der Waals surface area contributed by atoms with Crippen LogP contribution in [0.15, 0.2) is 52.9 Å². The van der Waals surface area contributed by atoms with E-state index in [1.54, 1.807) is 0 Å². The molecule has 0 unspecified atom stereocenters. The molecule has 0 fully saturated rings. The second-order valence-electron chi connectivity index (χ2n) is 4.90. The summed E-state index contributed by atoms with van der Waals surface area (Å²) in [6, 6.07) is 13.2. The van der Waals surface area contributed by atoms with Crippen LogP contribution in [0.1, 0.15) is 5.56 Å². The Morgan fingerprint density at radius 2 is 1.60 bits per heavy atom. The highest BCUT2D eigenvalue weighted by atomic mass is 32.2. The molecule has 0 saturated heterocycles. The molecular formula is C15H10N4O4S2. The van der Waals surface area contributed by atoms with Crippen molar-refractivity contribution in [2.24, 2.45) is 0 Å². The number of nitro benzene ring substituents is 2. The van der Waals surface area contributed by atoms with E-state index in [0.717, 1.165) is 16.6 Å². The molecule has 0 N–H and O–H groups in total. The van der Waals surface area contributed by atoms with Crippen molar-refractivity contribution in [2.45, 2.75) is 10.1 Å². The van der Waals surface area contributed by atoms with Gasteiger partial charge in [-0.25, -0.2) is 0 Å². The summed E-state index contributed by atoms with van der Waals surface area (Å²) in [5, 5.41) is 30.8. The molecule has 1 heterocycles. The summed E-state index contributed by atoms with van der Waals surface area (Å²) in [4.78, 5) is 20.6. The summed E-state index contributed by atoms with van der Waals surface area (Å²) in [7, 11) is 0. The number of nitro groups is 2. The first-order valence-electron chi connectivity index (χ1n) is 6.97. The lowest BCUT2D eigenvalue weighted by Gasteiger charge is -2.00. The maximum absolute atomic E-state index is 10.9. The van der Waals surface area contributed by atoms with Gasteiger partial charge in [-0.05, 0) is 5.56 Å². The standard InChI is InChI=1S/C15H10N4O4S2/c20-18(21)12-6-10(7-13(8-12)19(22)23)9-24-15-17-16-14(25-15)11-4-2-1-3-5-11/h1-8H,9H2. The predicted octanol–water partition coefficient (Wildman–Crippen LogP) is 4.31. The van der Waals surface area contributed by atoms with E-state index in [1.807, 2.05) is 30.3 Å². The number of hydrogen-bond donors (Lipinski definition) is 0. The number of benzene rings is 2. The van der Waals surface area contributed by atoms with Crippen LogP contribution < -0.4 is 0 Å². The van der Waals surface area contributed by atoms with Crippen molar-refractivity contribution in [1.82, 2.24) is 10.2 Å². The Balaban J connectivity index is 1.77. The number of rotatable bonds is 6. The number of nitrogens with zero attached hydrogens (tertiary/aromatic N) is 4. The van der Waals surface area contributed by atoms with E-state index in [4.69, 9.17) is 0 Å². The molecule has 3 aromatic rings. The van der Waals surface area contributed by atoms with Crippen LogP contribution in [-0.4, -0.2) is 20.0 Å². The number of thioether (sulfide) groups is 1. The molecule has 3 rings (SSSR count). The Bertz CT molecular complexity index is 898. The molecule has 0 aliphatic heterocycles. The highest BCUT2D eigenvalue weighted by Gasteiger charge is 2.17. The van der Waals surface area contributed by atoms with Gasteiger partial charge in [0.1, 0.15) is 5.01 Å². The van der Waals surface area contributed by atoms with Crippen LogP contribution in [0.25, 0.3) is 10.6 Å². The van der Waals surface area contributed by atoms with Crippen molar-refractivity contribution in [1.29, 1.82) is 0 Å². The van der Waals surface area contributed by atoms with Crippen LogP contribution in [0.2, 0.25) is 0 Å². The Labute approximate surface area is 149 Å². The van der Waals surface area contributed by atoms with Gasteiger partial charge in [0.25, 0.3) is 11.4 Å². The second-order valence-corrected chi connectivity index (χ2v) is 7.10. The minimum Gasteiger partial charge on any atom is -0.258 e. The normalized spacial score (nSPS) is 10.6. The van der Waals surface area contributed by atoms with E-state index in [9.17, 15) is 20.2 Å². The zero-order valence-corrected chi connectivity index (χ0v) is 14.2. The van der Waals surface area contributed by atoms with Gasteiger partial charge in [0, 0.05) is 23.4 Å². The van der Waals surface area contributed by atoms with E-state index in [2.05, 4.69) is 10.2 Å². The van der Waals surface area contributed by atoms with E-state index in [0.29, 0.717) is 15.7 Å². The molecule has 0 amide bonds. The van der Waals surface area contributed by atoms with Gasteiger partial charge in [0.05, 0.1) is 15.9 Å². The third-order valence-corrected chi connectivity index (χ3v) is 5.35. The number of aromatic nitrogens is 2. The Kier molecular flexibility index (Phi) is 5.00. The summed E-state index contributed by atoms with van der Waals surface area (Å²) < 4.78 is 0.688. The average Bonchev–Trinajstić information content (AvgIpc) is 3.09. The minimum atomic E-state index is -0.639. The molecule has 0 radical (unpaired) electrons. The fourth-order valence-electron chi connectivity index (χ4n) is 2.06. The topological polar surface area (TPSA) is 112 Å². The molecule has 0 saturated carbocycles. The van der Waals surface area contributed by atoms with E-state index < -0.39 is 9.85 Å². The van der Waals surface area contributed by atoms with Crippen molar-refractivity contribution in [3.8, 4) is 10.6 Å². The molecule has 2 aromatic carbocycles. The van der Waals surface area contributed by atoms with Crippen molar-refractivity contribution < 1.29 is 9.85 Å². The van der Waals surface area contributed by atoms with Gasteiger partial charge in [-0.3, -0.25) is 20.2 Å². The van der Waals surface area contributed by atoms with Gasteiger partial charge in [-0.15, -0.1) is 10.2 Å². The molecule has 10 heteroatoms. The van der Waals surface area contributed by atoms with Crippen molar-refractivity contribution >= 4 is 34.5 Å². The zero-order chi connectivity index (χ0) is 17.8. The van der Waals surface area contributed by atoms with Gasteiger partial charge in [0.2, 0.25) is 0 Å². The summed E-state index contributed by atoms with van der Waals surface area (Å²) in [6.45, 7) is 0. The van der Waals surface area contributed by atoms with Gasteiger partial charge in [-0.1, -0.05) is 53.4 Å². The smallest absolute Gasteiger partial charge is 0.258 e. The average molecular weight is 374 g/mol. The van der Waals surface area contributed by atoms with Crippen LogP contribution in [0, 0.1) is 20.2 Å². The van der Waals surface area contributed by atoms with Crippen LogP contribution in [0.5, 0.6) is 0 Å². The van der Waals surface area contributed by atoms with Crippen molar-refractivity contribution in [2.75, 3.05) is 0 Å². The molecule has 0 aliphatic rings. The summed E-state index contributed by atoms with van der Waals surface area (Å²) >= 11 is 2.73. The molecular weight excluding hydrogens is 364 g/mol. The van der Waals surface area contributed by atoms with Crippen molar-refractivity contribution in [3.63, 3.8) is 0 Å². The third-order valence-electron chi connectivity index (χ3n) is 3.17. The highest BCUT2D eigenvalue weighted by molar-refractivity contribution is 8.00. The predicted molar refractivity (Wildman–Crippen MR) is 94.7 cm³/mol. The lowest BCUT2D eigenvalue weighted by atomic mass is 10.2. The SMILES string of the molecule is O=[N+]([O-])c1cc(CSc2nnc(-c3ccccc3)s2)cc([N+](=O)[O-])c1. The lowest BCUT2D eigenvalue weighted by Crippen LogP contribution is -1.95. The number of hydrogen-bond acceptors (Lipinski definition) is 8. The Morgan fingerprint density at radius 3 is 2.20 bits per heavy atom. The minimum absolute atomic E-state index is 0.299. The van der Waals surface area contributed by atoms with Gasteiger partial charge in [-0.2, -0.15) is 0 Å². The fraction of sp³-hybridized carbons (Fsp3) is 0.0667. The monoisotopic (exact) mass is 374 g/mol. The molecule has 1 aromatic heterocycles. The Hall–Kier alpha value is -2.85. The molecule has 0 aliphatic carbocycles. The molecule has 8 nitrogen and oxygen atoms in total. The molecule has 0 bridgehead atoms. The van der Waals surface area contributed by atoms with E-state index in [-0.39, 0.29) is 11.4 Å². The largest absolute Gasteiger partial charge is 0.276 e. The van der Waals surface area contributed by atoms with Gasteiger partial charge >= 0.3 is 0 Å². The summed E-state index contributed by atoms with van der Waals surface area (Å²) in [6.07, 6.45) is 0. The first-order valence-corrected chi connectivity index (χ1v) is 8.77. The second kappa shape index (κ2) is 7.36. The van der Waals surface area contributed by atoms with Crippen molar-refractivity contribution in [3.05, 3.63) is 74.3 Å². The first-order chi connectivity index (χ1) is 12.0. The molecule has 25 heavy (non-hydrogen) atoms. The highest BCUT2D eigenvalue weighted by Crippen LogP contribution is 2.32. The van der Waals surface area contributed by atoms with Crippen LogP contribution in [0.4, 0.5) is 11.4 Å². The van der Waals surface area contributed by atoms with Crippen LogP contribution in [0.3, 0.4) is 0 Å². The summed E-state index contributed by atoms with van der Waals surface area (Å²) in [5.74, 6) is 0.325. The van der Waals surface area contributed by atoms with Gasteiger partial charge < -0.3 is 0 Å². The fourth-order valence-corrected chi connectivity index (χ4v) is 3.85. The Morgan fingerprint density at radius 1 is 0.960 bits per heavy atom. The first kappa shape index (κ1) is 17.0. The van der Waals surface area contributed by atoms with Gasteiger partial charge in [0.15, 0.2) is 4.34 Å². The molecule has 0 spiro atoms. The zero-order valence-electron chi connectivity index (χ0n) is 12.6.